The van der Waals surface area contributed by atoms with E-state index in [4.69, 9.17) is 17.3 Å². The average Bonchev–Trinajstić information content (AvgIpc) is 3.27. The summed E-state index contributed by atoms with van der Waals surface area (Å²) >= 11 is 5.58. The number of anilines is 1. The molecular weight excluding hydrogens is 866 g/mol. The minimum atomic E-state index is -1.21. The largest absolute Gasteiger partial charge is 0.481 e. The summed E-state index contributed by atoms with van der Waals surface area (Å²) in [6.07, 6.45) is 4.86. The van der Waals surface area contributed by atoms with Crippen molar-refractivity contribution in [2.45, 2.75) is 96.1 Å². The number of benzene rings is 2. The van der Waals surface area contributed by atoms with Gasteiger partial charge in [0.05, 0.1) is 0 Å². The number of hydrogen-bond donors (Lipinski definition) is 7. The van der Waals surface area contributed by atoms with E-state index in [9.17, 15) is 33.5 Å². The molecule has 1 aliphatic heterocycles. The first kappa shape index (κ1) is 55.6. The van der Waals surface area contributed by atoms with Crippen molar-refractivity contribution >= 4 is 52.7 Å². The highest BCUT2D eigenvalue weighted by Gasteiger charge is 2.24. The Hall–Kier alpha value is -4.75. The highest BCUT2D eigenvalue weighted by Crippen LogP contribution is 2.18. The highest BCUT2D eigenvalue weighted by atomic mass is 32.1. The number of likely N-dealkylation sites (N-methyl/N-ethyl adjacent to an activating group) is 4. The number of halogens is 1. The zero-order valence-corrected chi connectivity index (χ0v) is 40.4. The van der Waals surface area contributed by atoms with E-state index in [1.807, 2.05) is 0 Å². The summed E-state index contributed by atoms with van der Waals surface area (Å²) in [5, 5.41) is 33.0. The van der Waals surface area contributed by atoms with Crippen molar-refractivity contribution in [3.05, 3.63) is 65.5 Å². The number of carbonyl (C=O) groups excluding carboxylic acids is 3. The van der Waals surface area contributed by atoms with Crippen molar-refractivity contribution in [2.24, 2.45) is 5.92 Å². The van der Waals surface area contributed by atoms with E-state index in [2.05, 4.69) is 98.5 Å². The van der Waals surface area contributed by atoms with Gasteiger partial charge in [-0.25, -0.2) is 14.0 Å². The van der Waals surface area contributed by atoms with E-state index in [0.717, 1.165) is 82.9 Å². The quantitative estimate of drug-likeness (QED) is 0.0517. The van der Waals surface area contributed by atoms with Crippen LogP contribution in [0.25, 0.3) is 0 Å². The van der Waals surface area contributed by atoms with E-state index in [0.29, 0.717) is 43.4 Å². The summed E-state index contributed by atoms with van der Waals surface area (Å²) < 4.78 is 13.6. The third-order valence-electron chi connectivity index (χ3n) is 12.0. The molecule has 16 nitrogen and oxygen atoms in total. The molecule has 0 bridgehead atoms. The van der Waals surface area contributed by atoms with Crippen LogP contribution in [0.15, 0.2) is 48.5 Å². The number of hydrogen-bond acceptors (Lipinski definition) is 10. The van der Waals surface area contributed by atoms with E-state index >= 15 is 0 Å². The van der Waals surface area contributed by atoms with Gasteiger partial charge in [0, 0.05) is 102 Å². The number of urea groups is 1. The summed E-state index contributed by atoms with van der Waals surface area (Å²) in [7, 11) is 6.65. The molecule has 3 rings (SSSR count). The van der Waals surface area contributed by atoms with Gasteiger partial charge in [-0.1, -0.05) is 37.6 Å². The van der Waals surface area contributed by atoms with Crippen LogP contribution < -0.4 is 26.6 Å². The molecule has 0 spiro atoms. The Morgan fingerprint density at radius 2 is 1.33 bits per heavy atom. The Balaban J connectivity index is 1.39. The van der Waals surface area contributed by atoms with Crippen LogP contribution in [0.3, 0.4) is 0 Å². The topological polar surface area (TPSA) is 199 Å². The fourth-order valence-corrected chi connectivity index (χ4v) is 8.06. The lowest BCUT2D eigenvalue weighted by Crippen LogP contribution is -2.49. The average molecular weight is 942 g/mol. The van der Waals surface area contributed by atoms with Crippen LogP contribution in [0.2, 0.25) is 0 Å². The smallest absolute Gasteiger partial charge is 0.326 e. The summed E-state index contributed by atoms with van der Waals surface area (Å²) in [4.78, 5) is 70.8. The van der Waals surface area contributed by atoms with Gasteiger partial charge in [-0.3, -0.25) is 19.3 Å². The lowest BCUT2D eigenvalue weighted by atomic mass is 9.91. The third kappa shape index (κ3) is 23.6. The SMILES string of the molecule is CCN1CCN(C)CCN(C)CCN(C)CC1Cc1ccc(NC(=S)NCCCCCC(=O)C[C@@H](Cc2ccc(F)cc2)C(=O)NCCCC[C@H](NC(=O)NCCCC(=O)O)C(=O)O)cc1. The van der Waals surface area contributed by atoms with Crippen molar-refractivity contribution in [3.8, 4) is 0 Å². The predicted octanol–water partition coefficient (Wildman–Crippen LogP) is 4.44. The number of ketones is 1. The molecule has 2 aromatic rings. The highest BCUT2D eigenvalue weighted by molar-refractivity contribution is 7.80. The van der Waals surface area contributed by atoms with Crippen LogP contribution in [-0.4, -0.2) is 170 Å². The van der Waals surface area contributed by atoms with Crippen LogP contribution in [0, 0.1) is 11.7 Å². The number of thiocarbonyl (C=S) groups is 1. The predicted molar refractivity (Wildman–Crippen MR) is 261 cm³/mol. The number of amides is 3. The summed E-state index contributed by atoms with van der Waals surface area (Å²) in [5.74, 6) is -3.62. The first-order valence-electron chi connectivity index (χ1n) is 23.6. The van der Waals surface area contributed by atoms with E-state index in [-0.39, 0.29) is 56.9 Å². The summed E-state index contributed by atoms with van der Waals surface area (Å²) in [6.45, 7) is 11.6. The maximum absolute atomic E-state index is 13.6. The molecule has 2 aromatic carbocycles. The molecule has 0 saturated carbocycles. The van der Waals surface area contributed by atoms with Crippen LogP contribution in [0.1, 0.15) is 82.3 Å². The molecular formula is C48H76FN9O7S. The molecule has 1 unspecified atom stereocenters. The molecule has 1 saturated heterocycles. The molecule has 0 aliphatic carbocycles. The van der Waals surface area contributed by atoms with Gasteiger partial charge < -0.3 is 51.5 Å². The number of carboxylic acids is 2. The Morgan fingerprint density at radius 1 is 0.727 bits per heavy atom. The van der Waals surface area contributed by atoms with Gasteiger partial charge in [-0.05, 0) is 127 Å². The van der Waals surface area contributed by atoms with Crippen molar-refractivity contribution < 1.29 is 38.6 Å². The molecule has 18 heteroatoms. The first-order valence-corrected chi connectivity index (χ1v) is 24.0. The standard InChI is InChI=1S/C48H76FN9O7S/c1-5-58-31-30-56(3)27-26-55(2)28-29-57(4)35-41(58)33-37-17-21-40(22-18-37)53-48(66)52-24-9-6-7-12-42(59)34-38(32-36-15-19-39(49)20-16-36)45(62)50-23-10-8-13-43(46(63)64)54-47(65)51-25-11-14-44(60)61/h15-22,38,41,43H,5-14,23-35H2,1-4H3,(H,50,62)(H,60,61)(H,63,64)(H2,51,54,65)(H2,52,53,66)/t38-,41?,43+/m1/s1. The number of unbranched alkanes of at least 4 members (excludes halogenated alkanes) is 3. The number of carbonyl (C=O) groups is 5. The van der Waals surface area contributed by atoms with Gasteiger partial charge in [-0.2, -0.15) is 0 Å². The van der Waals surface area contributed by atoms with Crippen LogP contribution in [0.5, 0.6) is 0 Å². The van der Waals surface area contributed by atoms with E-state index in [1.165, 1.54) is 17.7 Å². The number of carboxylic acid groups (broad SMARTS) is 2. The Morgan fingerprint density at radius 3 is 1.98 bits per heavy atom. The maximum atomic E-state index is 13.6. The van der Waals surface area contributed by atoms with Gasteiger partial charge in [0.15, 0.2) is 5.11 Å². The molecule has 7 N–H and O–H groups in total. The number of rotatable bonds is 26. The Kier molecular flexibility index (Phi) is 26.3. The van der Waals surface area contributed by atoms with Crippen molar-refractivity contribution in [3.63, 3.8) is 0 Å². The lowest BCUT2D eigenvalue weighted by Gasteiger charge is -2.36. The normalized spacial score (nSPS) is 16.8. The summed E-state index contributed by atoms with van der Waals surface area (Å²) in [6, 6.07) is 12.9. The molecule has 1 heterocycles. The van der Waals surface area contributed by atoms with Gasteiger partial charge in [0.25, 0.3) is 0 Å². The number of Topliss-reactive ketones (excluding diaryl/α,β-unsaturated/α-hetero) is 1. The second kappa shape index (κ2) is 31.3. The van der Waals surface area contributed by atoms with E-state index in [1.54, 1.807) is 12.1 Å². The third-order valence-corrected chi connectivity index (χ3v) is 12.2. The second-order valence-electron chi connectivity index (χ2n) is 17.6. The maximum Gasteiger partial charge on any atom is 0.326 e. The van der Waals surface area contributed by atoms with Crippen LogP contribution in [-0.2, 0) is 32.0 Å². The molecule has 3 amide bonds. The number of aliphatic carboxylic acids is 2. The second-order valence-corrected chi connectivity index (χ2v) is 18.0. The van der Waals surface area contributed by atoms with Gasteiger partial charge in [0.2, 0.25) is 5.91 Å². The molecule has 368 valence electrons. The molecule has 1 fully saturated rings. The molecule has 0 radical (unpaired) electrons. The summed E-state index contributed by atoms with van der Waals surface area (Å²) in [5.41, 5.74) is 2.94. The van der Waals surface area contributed by atoms with Crippen molar-refractivity contribution in [1.82, 2.24) is 40.9 Å². The van der Waals surface area contributed by atoms with Crippen molar-refractivity contribution in [1.29, 1.82) is 0 Å². The molecule has 66 heavy (non-hydrogen) atoms. The minimum absolute atomic E-state index is 0.0326. The van der Waals surface area contributed by atoms with Crippen molar-refractivity contribution in [2.75, 3.05) is 98.5 Å². The van der Waals surface area contributed by atoms with Gasteiger partial charge >= 0.3 is 18.0 Å². The first-order chi connectivity index (χ1) is 31.6. The van der Waals surface area contributed by atoms with E-state index < -0.39 is 35.7 Å². The number of nitrogens with zero attached hydrogens (tertiary/aromatic N) is 4. The molecule has 0 aromatic heterocycles. The van der Waals surface area contributed by atoms with Gasteiger partial charge in [-0.15, -0.1) is 0 Å². The molecule has 1 aliphatic rings. The zero-order valence-electron chi connectivity index (χ0n) is 39.6. The van der Waals surface area contributed by atoms with Crippen LogP contribution >= 0.6 is 12.2 Å². The Bertz CT molecular complexity index is 1790. The van der Waals surface area contributed by atoms with Gasteiger partial charge in [0.1, 0.15) is 17.6 Å². The minimum Gasteiger partial charge on any atom is -0.481 e. The lowest BCUT2D eigenvalue weighted by molar-refractivity contribution is -0.139. The number of nitrogens with one attached hydrogen (secondary N) is 5. The zero-order chi connectivity index (χ0) is 48.3. The van der Waals surface area contributed by atoms with Crippen LogP contribution in [0.4, 0.5) is 14.9 Å². The Labute approximate surface area is 396 Å². The fraction of sp³-hybridized carbons (Fsp3) is 0.625. The molecule has 3 atom stereocenters. The monoisotopic (exact) mass is 942 g/mol. The fourth-order valence-electron chi connectivity index (χ4n) is 7.84.